The molecule has 162 valence electrons. The second-order valence-corrected chi connectivity index (χ2v) is 8.44. The van der Waals surface area contributed by atoms with Crippen molar-refractivity contribution in [3.05, 3.63) is 41.5 Å². The average molecular weight is 414 g/mol. The van der Waals surface area contributed by atoms with Gasteiger partial charge in [0.15, 0.2) is 5.78 Å². The third-order valence-corrected chi connectivity index (χ3v) is 6.23. The number of rotatable bonds is 6. The Morgan fingerprint density at radius 2 is 1.93 bits per heavy atom. The standard InChI is InChI=1S/C24H30O6/c1-6-30-22(26)24(28)15(4)21(25)18-12-16-8-7-9-20(29-5)17(16)13-19(18)23(24,27)11-10-14(2)3/h7-9,12-15,27-28H,6,10-11H2,1-5H3/t15-,23+,24-/m0/s1. The van der Waals surface area contributed by atoms with Gasteiger partial charge in [0.1, 0.15) is 11.4 Å². The second-order valence-electron chi connectivity index (χ2n) is 8.44. The molecule has 2 N–H and O–H groups in total. The Kier molecular flexibility index (Phi) is 5.94. The van der Waals surface area contributed by atoms with E-state index in [0.29, 0.717) is 23.1 Å². The molecular weight excluding hydrogens is 384 g/mol. The fourth-order valence-corrected chi connectivity index (χ4v) is 4.42. The Balaban J connectivity index is 2.35. The lowest BCUT2D eigenvalue weighted by molar-refractivity contribution is -0.215. The molecule has 6 nitrogen and oxygen atoms in total. The van der Waals surface area contributed by atoms with E-state index in [1.807, 2.05) is 26.0 Å². The van der Waals surface area contributed by atoms with Crippen molar-refractivity contribution < 1.29 is 29.3 Å². The van der Waals surface area contributed by atoms with Crippen LogP contribution in [-0.2, 0) is 15.1 Å². The highest BCUT2D eigenvalue weighted by atomic mass is 16.6. The van der Waals surface area contributed by atoms with Gasteiger partial charge in [0.05, 0.1) is 19.6 Å². The molecule has 3 rings (SSSR count). The van der Waals surface area contributed by atoms with Gasteiger partial charge in [-0.05, 0) is 54.8 Å². The molecule has 0 aromatic heterocycles. The average Bonchev–Trinajstić information content (AvgIpc) is 2.73. The molecule has 1 aliphatic rings. The highest BCUT2D eigenvalue weighted by molar-refractivity contribution is 6.09. The second kappa shape index (κ2) is 8.00. The maximum absolute atomic E-state index is 13.3. The molecule has 0 fully saturated rings. The van der Waals surface area contributed by atoms with Gasteiger partial charge in [-0.3, -0.25) is 4.79 Å². The molecule has 3 atom stereocenters. The summed E-state index contributed by atoms with van der Waals surface area (Å²) in [6, 6.07) is 8.83. The Morgan fingerprint density at radius 1 is 1.23 bits per heavy atom. The van der Waals surface area contributed by atoms with Crippen molar-refractivity contribution in [1.29, 1.82) is 0 Å². The highest BCUT2D eigenvalue weighted by Gasteiger charge is 2.65. The molecule has 0 heterocycles. The molecule has 0 aliphatic heterocycles. The fraction of sp³-hybridized carbons (Fsp3) is 0.500. The Labute approximate surface area is 176 Å². The monoisotopic (exact) mass is 414 g/mol. The summed E-state index contributed by atoms with van der Waals surface area (Å²) in [6.07, 6.45) is 0.647. The van der Waals surface area contributed by atoms with E-state index in [0.717, 1.165) is 5.39 Å². The molecule has 2 aromatic carbocycles. The molecule has 0 saturated heterocycles. The van der Waals surface area contributed by atoms with E-state index in [2.05, 4.69) is 0 Å². The van der Waals surface area contributed by atoms with Gasteiger partial charge >= 0.3 is 5.97 Å². The van der Waals surface area contributed by atoms with Gasteiger partial charge in [-0.2, -0.15) is 0 Å². The SMILES string of the molecule is CCOC(=O)[C@@]1(O)[C@@H](C)C(=O)c2cc3cccc(OC)c3cc2[C@]1(O)CCC(C)C. The third-order valence-electron chi connectivity index (χ3n) is 6.23. The summed E-state index contributed by atoms with van der Waals surface area (Å²) in [5.41, 5.74) is -3.83. The third kappa shape index (κ3) is 3.19. The van der Waals surface area contributed by atoms with Crippen LogP contribution in [0.25, 0.3) is 10.8 Å². The van der Waals surface area contributed by atoms with E-state index in [1.165, 1.54) is 6.92 Å². The lowest BCUT2D eigenvalue weighted by Gasteiger charge is -2.49. The maximum Gasteiger partial charge on any atom is 0.342 e. The number of ketones is 1. The number of carbonyl (C=O) groups excluding carboxylic acids is 2. The number of fused-ring (bicyclic) bond motifs is 2. The molecule has 0 radical (unpaired) electrons. The van der Waals surface area contributed by atoms with Crippen LogP contribution in [-0.4, -0.2) is 41.3 Å². The molecule has 1 aliphatic carbocycles. The topological polar surface area (TPSA) is 93.1 Å². The minimum absolute atomic E-state index is 0.0285. The highest BCUT2D eigenvalue weighted by Crippen LogP contribution is 2.50. The van der Waals surface area contributed by atoms with Crippen molar-refractivity contribution in [3.63, 3.8) is 0 Å². The van der Waals surface area contributed by atoms with Gasteiger partial charge in [-0.15, -0.1) is 0 Å². The first kappa shape index (κ1) is 22.2. The zero-order valence-electron chi connectivity index (χ0n) is 18.2. The molecule has 30 heavy (non-hydrogen) atoms. The summed E-state index contributed by atoms with van der Waals surface area (Å²) in [5, 5.41) is 25.0. The van der Waals surface area contributed by atoms with Crippen LogP contribution in [0.5, 0.6) is 5.75 Å². The van der Waals surface area contributed by atoms with Crippen LogP contribution in [0.2, 0.25) is 0 Å². The summed E-state index contributed by atoms with van der Waals surface area (Å²) >= 11 is 0. The number of ether oxygens (including phenoxy) is 2. The van der Waals surface area contributed by atoms with Crippen molar-refractivity contribution in [2.24, 2.45) is 11.8 Å². The molecule has 0 spiro atoms. The summed E-state index contributed by atoms with van der Waals surface area (Å²) in [6.45, 7) is 7.11. The van der Waals surface area contributed by atoms with E-state index in [1.54, 1.807) is 32.2 Å². The molecule has 0 unspecified atom stereocenters. The van der Waals surface area contributed by atoms with Crippen LogP contribution < -0.4 is 4.74 Å². The van der Waals surface area contributed by atoms with Crippen molar-refractivity contribution in [2.75, 3.05) is 13.7 Å². The van der Waals surface area contributed by atoms with Crippen molar-refractivity contribution in [2.45, 2.75) is 51.7 Å². The lowest BCUT2D eigenvalue weighted by atomic mass is 9.60. The van der Waals surface area contributed by atoms with Crippen LogP contribution in [0, 0.1) is 11.8 Å². The largest absolute Gasteiger partial charge is 0.496 e. The zero-order valence-corrected chi connectivity index (χ0v) is 18.2. The Morgan fingerprint density at radius 3 is 2.53 bits per heavy atom. The summed E-state index contributed by atoms with van der Waals surface area (Å²) in [4.78, 5) is 26.2. The minimum Gasteiger partial charge on any atom is -0.496 e. The summed E-state index contributed by atoms with van der Waals surface area (Å²) in [5.74, 6) is -1.76. The first-order chi connectivity index (χ1) is 14.1. The molecule has 0 saturated carbocycles. The van der Waals surface area contributed by atoms with Crippen molar-refractivity contribution in [3.8, 4) is 5.75 Å². The van der Waals surface area contributed by atoms with Gasteiger partial charge in [-0.25, -0.2) is 4.79 Å². The van der Waals surface area contributed by atoms with E-state index in [-0.39, 0.29) is 24.5 Å². The zero-order chi connectivity index (χ0) is 22.3. The van der Waals surface area contributed by atoms with Crippen LogP contribution in [0.15, 0.2) is 30.3 Å². The molecule has 0 bridgehead atoms. The number of carbonyl (C=O) groups is 2. The lowest BCUT2D eigenvalue weighted by Crippen LogP contribution is -2.66. The van der Waals surface area contributed by atoms with E-state index in [4.69, 9.17) is 9.47 Å². The van der Waals surface area contributed by atoms with E-state index in [9.17, 15) is 19.8 Å². The number of hydrogen-bond donors (Lipinski definition) is 2. The number of hydrogen-bond acceptors (Lipinski definition) is 6. The quantitative estimate of drug-likeness (QED) is 0.702. The molecule has 0 amide bonds. The summed E-state index contributed by atoms with van der Waals surface area (Å²) in [7, 11) is 1.54. The first-order valence-electron chi connectivity index (χ1n) is 10.4. The predicted octanol–water partition coefficient (Wildman–Crippen LogP) is 3.60. The fourth-order valence-electron chi connectivity index (χ4n) is 4.42. The van der Waals surface area contributed by atoms with E-state index < -0.39 is 28.9 Å². The maximum atomic E-state index is 13.3. The van der Waals surface area contributed by atoms with Gasteiger partial charge in [0.2, 0.25) is 5.60 Å². The van der Waals surface area contributed by atoms with Gasteiger partial charge in [-0.1, -0.05) is 32.9 Å². The van der Waals surface area contributed by atoms with Gasteiger partial charge in [0, 0.05) is 10.9 Å². The van der Waals surface area contributed by atoms with Crippen molar-refractivity contribution in [1.82, 2.24) is 0 Å². The van der Waals surface area contributed by atoms with Gasteiger partial charge in [0.25, 0.3) is 0 Å². The number of esters is 1. The van der Waals surface area contributed by atoms with Crippen LogP contribution in [0.3, 0.4) is 0 Å². The predicted molar refractivity (Wildman–Crippen MR) is 114 cm³/mol. The number of methoxy groups -OCH3 is 1. The first-order valence-corrected chi connectivity index (χ1v) is 10.4. The number of benzene rings is 2. The summed E-state index contributed by atoms with van der Waals surface area (Å²) < 4.78 is 10.6. The van der Waals surface area contributed by atoms with Crippen LogP contribution >= 0.6 is 0 Å². The molecule has 2 aromatic rings. The number of aliphatic hydroxyl groups is 2. The molecular formula is C24H30O6. The Bertz CT molecular complexity index is 981. The smallest absolute Gasteiger partial charge is 0.342 e. The molecule has 6 heteroatoms. The minimum atomic E-state index is -2.39. The van der Waals surface area contributed by atoms with Crippen LogP contribution in [0.4, 0.5) is 0 Å². The van der Waals surface area contributed by atoms with Crippen LogP contribution in [0.1, 0.15) is 56.5 Å². The normalized spacial score (nSPS) is 26.0. The van der Waals surface area contributed by atoms with E-state index >= 15 is 0 Å². The number of Topliss-reactive ketones (excluding diaryl/α,β-unsaturated/α-hetero) is 1. The Hall–Kier alpha value is -2.44. The van der Waals surface area contributed by atoms with Crippen molar-refractivity contribution >= 4 is 22.5 Å². The van der Waals surface area contributed by atoms with Gasteiger partial charge < -0.3 is 19.7 Å².